The van der Waals surface area contributed by atoms with Gasteiger partial charge in [-0.3, -0.25) is 4.57 Å². The molecule has 1 atom stereocenters. The van der Waals surface area contributed by atoms with E-state index < -0.39 is 7.82 Å². The molecule has 5 nitrogen and oxygen atoms in total. The molecule has 6 heteroatoms. The Morgan fingerprint density at radius 2 is 1.03 bits per heavy atom. The van der Waals surface area contributed by atoms with Crippen LogP contribution in [0.5, 0.6) is 0 Å². The van der Waals surface area contributed by atoms with E-state index in [4.69, 9.17) is 4.89 Å². The van der Waals surface area contributed by atoms with Gasteiger partial charge in [-0.15, -0.1) is 0 Å². The zero-order valence-corrected chi connectivity index (χ0v) is 21.2. The molecule has 0 aromatic rings. The Kier molecular flexibility index (Phi) is 23.0. The quantitative estimate of drug-likeness (QED) is 0.143. The topological polar surface area (TPSA) is 69.6 Å². The first-order valence-electron chi connectivity index (χ1n) is 12.1. The summed E-state index contributed by atoms with van der Waals surface area (Å²) in [6, 6.07) is 0. The minimum atomic E-state index is -4.45. The van der Waals surface area contributed by atoms with Gasteiger partial charge in [0.2, 0.25) is 0 Å². The predicted octanol–water partition coefficient (Wildman–Crippen LogP) is 6.44. The van der Waals surface area contributed by atoms with Gasteiger partial charge >= 0.3 is 0 Å². The second kappa shape index (κ2) is 21.3. The molecular weight excluding hydrogens is 385 g/mol. The number of nitrogens with zero attached hydrogens (tertiary/aromatic N) is 1. The molecule has 0 aliphatic heterocycles. The molecule has 0 aliphatic rings. The standard InChI is InChI=1S/C19H42N.C4H11O4P/c1-5-6-7-8-9-10-11-12-13-14-15-16-17-18-19-20(2,3)4;1-2-3-4-8-9(5,6)7/h5-19H2,1-4H3;2-4H2,1H3,(H2,5,6,7)/q+1;/p-1. The fourth-order valence-electron chi connectivity index (χ4n) is 3.10. The predicted molar refractivity (Wildman–Crippen MR) is 124 cm³/mol. The van der Waals surface area contributed by atoms with E-state index >= 15 is 0 Å². The summed E-state index contributed by atoms with van der Waals surface area (Å²) >= 11 is 0. The number of quaternary nitrogens is 1. The number of hydrogen-bond acceptors (Lipinski definition) is 3. The molecule has 0 rings (SSSR count). The van der Waals surface area contributed by atoms with Gasteiger partial charge in [-0.2, -0.15) is 0 Å². The molecular formula is C23H52NO4P. The summed E-state index contributed by atoms with van der Waals surface area (Å²) in [5.41, 5.74) is 0. The minimum absolute atomic E-state index is 0.0772. The first kappa shape index (κ1) is 31.3. The van der Waals surface area contributed by atoms with E-state index in [0.29, 0.717) is 6.42 Å². The summed E-state index contributed by atoms with van der Waals surface area (Å²) in [4.78, 5) is 17.9. The number of phosphoric acid groups is 1. The number of rotatable bonds is 19. The zero-order chi connectivity index (χ0) is 22.4. The van der Waals surface area contributed by atoms with Gasteiger partial charge in [-0.1, -0.05) is 97.3 Å². The van der Waals surface area contributed by atoms with E-state index in [9.17, 15) is 9.46 Å². The van der Waals surface area contributed by atoms with Crippen molar-refractivity contribution in [2.24, 2.45) is 0 Å². The van der Waals surface area contributed by atoms with Crippen molar-refractivity contribution >= 4 is 7.82 Å². The smallest absolute Gasteiger partial charge is 0.265 e. The normalized spacial score (nSPS) is 13.6. The average molecular weight is 438 g/mol. The Balaban J connectivity index is 0. The van der Waals surface area contributed by atoms with Crippen LogP contribution < -0.4 is 4.89 Å². The molecule has 0 amide bonds. The summed E-state index contributed by atoms with van der Waals surface area (Å²) in [6.07, 6.45) is 21.9. The average Bonchev–Trinajstić information content (AvgIpc) is 2.61. The monoisotopic (exact) mass is 437 g/mol. The van der Waals surface area contributed by atoms with Crippen molar-refractivity contribution < 1.29 is 23.4 Å². The van der Waals surface area contributed by atoms with Gasteiger partial charge in [0, 0.05) is 0 Å². The van der Waals surface area contributed by atoms with E-state index in [-0.39, 0.29) is 6.61 Å². The Morgan fingerprint density at radius 3 is 1.34 bits per heavy atom. The van der Waals surface area contributed by atoms with E-state index in [1.165, 1.54) is 96.4 Å². The van der Waals surface area contributed by atoms with E-state index in [2.05, 4.69) is 32.6 Å². The molecule has 0 fully saturated rings. The van der Waals surface area contributed by atoms with Crippen LogP contribution in [0.4, 0.5) is 0 Å². The highest BCUT2D eigenvalue weighted by Gasteiger charge is 2.05. The lowest BCUT2D eigenvalue weighted by Crippen LogP contribution is -2.35. The SMILES string of the molecule is CCCCCCCCCCCCCCCC[N+](C)(C)C.CCCCOP(=O)([O-])O. The summed E-state index contributed by atoms with van der Waals surface area (Å²) in [5, 5.41) is 0. The summed E-state index contributed by atoms with van der Waals surface area (Å²) in [5.74, 6) is 0. The summed E-state index contributed by atoms with van der Waals surface area (Å²) in [6.45, 7) is 5.60. The molecule has 0 heterocycles. The van der Waals surface area contributed by atoms with E-state index in [0.717, 1.165) is 10.9 Å². The highest BCUT2D eigenvalue weighted by Crippen LogP contribution is 2.30. The maximum Gasteiger partial charge on any atom is 0.265 e. The van der Waals surface area contributed by atoms with Crippen LogP contribution in [-0.4, -0.2) is 43.7 Å². The third kappa shape index (κ3) is 35.8. The Hall–Kier alpha value is 0.0700. The van der Waals surface area contributed by atoms with Gasteiger partial charge in [-0.25, -0.2) is 0 Å². The van der Waals surface area contributed by atoms with Gasteiger partial charge in [-0.05, 0) is 19.3 Å². The molecule has 0 saturated carbocycles. The van der Waals surface area contributed by atoms with Gasteiger partial charge < -0.3 is 18.8 Å². The molecule has 1 N–H and O–H groups in total. The molecule has 178 valence electrons. The first-order valence-corrected chi connectivity index (χ1v) is 13.6. The van der Waals surface area contributed by atoms with Gasteiger partial charge in [0.15, 0.2) is 0 Å². The lowest BCUT2D eigenvalue weighted by Gasteiger charge is -2.23. The molecule has 1 unspecified atom stereocenters. The number of hydrogen-bond donors (Lipinski definition) is 1. The minimum Gasteiger partial charge on any atom is -0.756 e. The third-order valence-electron chi connectivity index (χ3n) is 4.93. The molecule has 0 aromatic carbocycles. The summed E-state index contributed by atoms with van der Waals surface area (Å²) in [7, 11) is 2.44. The van der Waals surface area contributed by atoms with Gasteiger partial charge in [0.25, 0.3) is 7.82 Å². The molecule has 0 radical (unpaired) electrons. The fourth-order valence-corrected chi connectivity index (χ4v) is 3.46. The van der Waals surface area contributed by atoms with Crippen LogP contribution in [0.2, 0.25) is 0 Å². The Bertz CT molecular complexity index is 366. The van der Waals surface area contributed by atoms with E-state index in [1.807, 2.05) is 6.92 Å². The van der Waals surface area contributed by atoms with Crippen LogP contribution in [-0.2, 0) is 9.09 Å². The highest BCUT2D eigenvalue weighted by molar-refractivity contribution is 7.44. The lowest BCUT2D eigenvalue weighted by molar-refractivity contribution is -0.870. The first-order chi connectivity index (χ1) is 13.6. The van der Waals surface area contributed by atoms with E-state index in [1.54, 1.807) is 0 Å². The highest BCUT2D eigenvalue weighted by atomic mass is 31.2. The number of unbranched alkanes of at least 4 members (excludes halogenated alkanes) is 14. The van der Waals surface area contributed by atoms with Crippen molar-refractivity contribution in [1.29, 1.82) is 0 Å². The molecule has 0 spiro atoms. The second-order valence-electron chi connectivity index (χ2n) is 9.27. The van der Waals surface area contributed by atoms with Crippen molar-refractivity contribution in [3.05, 3.63) is 0 Å². The van der Waals surface area contributed by atoms with Crippen LogP contribution in [0.3, 0.4) is 0 Å². The Labute approximate surface area is 182 Å². The fraction of sp³-hybridized carbons (Fsp3) is 1.00. The van der Waals surface area contributed by atoms with Crippen molar-refractivity contribution in [3.63, 3.8) is 0 Å². The maximum atomic E-state index is 9.87. The molecule has 0 aromatic heterocycles. The molecule has 29 heavy (non-hydrogen) atoms. The van der Waals surface area contributed by atoms with Gasteiger partial charge in [0.05, 0.1) is 34.3 Å². The molecule has 0 saturated heterocycles. The van der Waals surface area contributed by atoms with Crippen molar-refractivity contribution in [2.75, 3.05) is 34.3 Å². The van der Waals surface area contributed by atoms with Gasteiger partial charge in [0.1, 0.15) is 0 Å². The van der Waals surface area contributed by atoms with Crippen LogP contribution in [0.15, 0.2) is 0 Å². The molecule has 0 bridgehead atoms. The van der Waals surface area contributed by atoms with Crippen LogP contribution in [0.1, 0.15) is 117 Å². The largest absolute Gasteiger partial charge is 0.756 e. The molecule has 0 aliphatic carbocycles. The van der Waals surface area contributed by atoms with Crippen LogP contribution in [0, 0.1) is 0 Å². The lowest BCUT2D eigenvalue weighted by atomic mass is 10.0. The van der Waals surface area contributed by atoms with Crippen molar-refractivity contribution in [2.45, 2.75) is 117 Å². The summed E-state index contributed by atoms with van der Waals surface area (Å²) < 4.78 is 15.0. The van der Waals surface area contributed by atoms with Crippen molar-refractivity contribution in [3.8, 4) is 0 Å². The second-order valence-corrected chi connectivity index (χ2v) is 10.5. The van der Waals surface area contributed by atoms with Crippen LogP contribution >= 0.6 is 7.82 Å². The Morgan fingerprint density at radius 1 is 0.690 bits per heavy atom. The third-order valence-corrected chi connectivity index (χ3v) is 5.44. The van der Waals surface area contributed by atoms with Crippen molar-refractivity contribution in [1.82, 2.24) is 0 Å². The number of phosphoric ester groups is 1. The van der Waals surface area contributed by atoms with Crippen LogP contribution in [0.25, 0.3) is 0 Å². The maximum absolute atomic E-state index is 9.87. The zero-order valence-electron chi connectivity index (χ0n) is 20.3.